The average Bonchev–Trinajstić information content (AvgIpc) is 2.76. The van der Waals surface area contributed by atoms with Gasteiger partial charge in [0.25, 0.3) is 0 Å². The quantitative estimate of drug-likeness (QED) is 0.864. The van der Waals surface area contributed by atoms with Crippen molar-refractivity contribution in [1.29, 1.82) is 0 Å². The zero-order chi connectivity index (χ0) is 14.9. The smallest absolute Gasteiger partial charge is 0.244 e. The largest absolute Gasteiger partial charge is 0.391 e. The van der Waals surface area contributed by atoms with Crippen LogP contribution in [0.2, 0.25) is 0 Å². The van der Waals surface area contributed by atoms with Crippen LogP contribution in [0.1, 0.15) is 11.8 Å². The molecule has 0 fully saturated rings. The summed E-state index contributed by atoms with van der Waals surface area (Å²) in [5.41, 5.74) is 0.765. The van der Waals surface area contributed by atoms with Gasteiger partial charge in [-0.3, -0.25) is 0 Å². The summed E-state index contributed by atoms with van der Waals surface area (Å²) in [6, 6.07) is 7.28. The second-order valence-electron chi connectivity index (χ2n) is 4.73. The minimum Gasteiger partial charge on any atom is -0.391 e. The highest BCUT2D eigenvalue weighted by molar-refractivity contribution is 7.89. The molecular formula is C14H17NO3S2. The topological polar surface area (TPSA) is 57.6 Å². The van der Waals surface area contributed by atoms with E-state index in [1.807, 2.05) is 12.1 Å². The highest BCUT2D eigenvalue weighted by atomic mass is 32.2. The first kappa shape index (κ1) is 15.2. The van der Waals surface area contributed by atoms with Crippen molar-refractivity contribution in [1.82, 2.24) is 4.31 Å². The van der Waals surface area contributed by atoms with Crippen LogP contribution in [0.5, 0.6) is 0 Å². The summed E-state index contributed by atoms with van der Waals surface area (Å²) in [4.78, 5) is 0.684. The van der Waals surface area contributed by atoms with Crippen LogP contribution in [0, 0.1) is 0 Å². The fourth-order valence-corrected chi connectivity index (χ4v) is 5.06. The molecule has 2 aromatic rings. The predicted molar refractivity (Wildman–Crippen MR) is 82.4 cm³/mol. The van der Waals surface area contributed by atoms with E-state index in [-0.39, 0.29) is 18.0 Å². The fourth-order valence-electron chi connectivity index (χ4n) is 2.08. The first-order valence-corrected chi connectivity index (χ1v) is 8.35. The van der Waals surface area contributed by atoms with Gasteiger partial charge in [-0.15, -0.1) is 11.3 Å². The molecule has 2 rings (SSSR count). The molecule has 0 unspecified atom stereocenters. The average molecular weight is 311 g/mol. The van der Waals surface area contributed by atoms with Crippen molar-refractivity contribution in [3.63, 3.8) is 0 Å². The predicted octanol–water partition coefficient (Wildman–Crippen LogP) is 2.59. The molecule has 4 nitrogen and oxygen atoms in total. The van der Waals surface area contributed by atoms with Crippen LogP contribution in [0.4, 0.5) is 0 Å². The molecule has 0 radical (unpaired) electrons. The van der Waals surface area contributed by atoms with Gasteiger partial charge in [0.1, 0.15) is 4.90 Å². The van der Waals surface area contributed by atoms with Crippen LogP contribution in [-0.4, -0.2) is 31.4 Å². The van der Waals surface area contributed by atoms with E-state index >= 15 is 0 Å². The van der Waals surface area contributed by atoms with Crippen LogP contribution in [-0.2, 0) is 16.6 Å². The molecule has 1 N–H and O–H groups in total. The van der Waals surface area contributed by atoms with Crippen molar-refractivity contribution >= 4 is 31.4 Å². The third-order valence-electron chi connectivity index (χ3n) is 2.92. The van der Waals surface area contributed by atoms with Gasteiger partial charge in [-0.1, -0.05) is 30.4 Å². The third-order valence-corrected chi connectivity index (χ3v) is 6.14. The summed E-state index contributed by atoms with van der Waals surface area (Å²) >= 11 is 1.31. The standard InChI is InChI=1S/C14H17NO3S2/c1-10(2)8-15(3)20(17,18)14-11-6-4-5-7-12(11)19-13(14)9-16/h4-7,16H,1,8-9H2,2-3H3. The molecular weight excluding hydrogens is 294 g/mol. The molecule has 0 aliphatic carbocycles. The molecule has 108 valence electrons. The minimum absolute atomic E-state index is 0.212. The molecule has 0 aliphatic heterocycles. The highest BCUT2D eigenvalue weighted by Crippen LogP contribution is 2.36. The number of thiophene rings is 1. The Kier molecular flexibility index (Phi) is 4.29. The number of hydrogen-bond donors (Lipinski definition) is 1. The van der Waals surface area contributed by atoms with Crippen LogP contribution in [0.25, 0.3) is 10.1 Å². The van der Waals surface area contributed by atoms with Gasteiger partial charge in [0.05, 0.1) is 11.5 Å². The second-order valence-corrected chi connectivity index (χ2v) is 7.85. The molecule has 0 spiro atoms. The third kappa shape index (κ3) is 2.64. The van der Waals surface area contributed by atoms with Crippen molar-refractivity contribution in [2.45, 2.75) is 18.4 Å². The number of nitrogens with zero attached hydrogens (tertiary/aromatic N) is 1. The molecule has 1 heterocycles. The Morgan fingerprint density at radius 3 is 2.65 bits per heavy atom. The molecule has 0 bridgehead atoms. The number of aliphatic hydroxyl groups excluding tert-OH is 1. The maximum atomic E-state index is 12.7. The summed E-state index contributed by atoms with van der Waals surface area (Å²) in [6.07, 6.45) is 0. The van der Waals surface area contributed by atoms with Crippen molar-refractivity contribution in [3.05, 3.63) is 41.3 Å². The Labute approximate surface area is 123 Å². The molecule has 6 heteroatoms. The Hall–Kier alpha value is -1.21. The Balaban J connectivity index is 2.64. The lowest BCUT2D eigenvalue weighted by molar-refractivity contribution is 0.282. The van der Waals surface area contributed by atoms with Crippen LogP contribution < -0.4 is 0 Å². The number of aliphatic hydroxyl groups is 1. The van der Waals surface area contributed by atoms with E-state index in [2.05, 4.69) is 6.58 Å². The summed E-state index contributed by atoms with van der Waals surface area (Å²) < 4.78 is 27.5. The van der Waals surface area contributed by atoms with Crippen molar-refractivity contribution in [2.75, 3.05) is 13.6 Å². The Bertz CT molecular complexity index is 747. The van der Waals surface area contributed by atoms with Crippen LogP contribution >= 0.6 is 11.3 Å². The molecule has 0 atom stereocenters. The molecule has 1 aromatic heterocycles. The number of rotatable bonds is 5. The fraction of sp³-hybridized carbons (Fsp3) is 0.286. The highest BCUT2D eigenvalue weighted by Gasteiger charge is 2.28. The lowest BCUT2D eigenvalue weighted by Gasteiger charge is -2.17. The molecule has 0 aliphatic rings. The Morgan fingerprint density at radius 1 is 1.40 bits per heavy atom. The minimum atomic E-state index is -3.64. The van der Waals surface area contributed by atoms with E-state index < -0.39 is 10.0 Å². The zero-order valence-electron chi connectivity index (χ0n) is 11.5. The molecule has 0 saturated carbocycles. The van der Waals surface area contributed by atoms with E-state index in [1.165, 1.54) is 22.7 Å². The number of likely N-dealkylation sites (N-methyl/N-ethyl adjacent to an activating group) is 1. The van der Waals surface area contributed by atoms with Gasteiger partial charge in [0.15, 0.2) is 0 Å². The number of sulfonamides is 1. The van der Waals surface area contributed by atoms with Crippen molar-refractivity contribution in [2.24, 2.45) is 0 Å². The van der Waals surface area contributed by atoms with E-state index in [4.69, 9.17) is 0 Å². The maximum Gasteiger partial charge on any atom is 0.244 e. The number of fused-ring (bicyclic) bond motifs is 1. The van der Waals surface area contributed by atoms with Crippen LogP contribution in [0.15, 0.2) is 41.3 Å². The summed E-state index contributed by atoms with van der Waals surface area (Å²) in [6.45, 7) is 5.50. The molecule has 20 heavy (non-hydrogen) atoms. The molecule has 0 amide bonds. The van der Waals surface area contributed by atoms with Crippen molar-refractivity contribution in [3.8, 4) is 0 Å². The van der Waals surface area contributed by atoms with E-state index in [0.717, 1.165) is 10.3 Å². The molecule has 0 saturated heterocycles. The maximum absolute atomic E-state index is 12.7. The lowest BCUT2D eigenvalue weighted by atomic mass is 10.2. The van der Waals surface area contributed by atoms with Gasteiger partial charge in [0, 0.05) is 23.7 Å². The van der Waals surface area contributed by atoms with Gasteiger partial charge < -0.3 is 5.11 Å². The summed E-state index contributed by atoms with van der Waals surface area (Å²) in [5.74, 6) is 0. The molecule has 1 aromatic carbocycles. The first-order valence-electron chi connectivity index (χ1n) is 6.10. The normalized spacial score (nSPS) is 12.2. The SMILES string of the molecule is C=C(C)CN(C)S(=O)(=O)c1c(CO)sc2ccccc12. The van der Waals surface area contributed by atoms with Gasteiger partial charge in [-0.2, -0.15) is 4.31 Å². The van der Waals surface area contributed by atoms with Gasteiger partial charge >= 0.3 is 0 Å². The number of hydrogen-bond acceptors (Lipinski definition) is 4. The van der Waals surface area contributed by atoms with Gasteiger partial charge in [-0.05, 0) is 13.0 Å². The second kappa shape index (κ2) is 5.65. The van der Waals surface area contributed by atoms with Gasteiger partial charge in [0.2, 0.25) is 10.0 Å². The summed E-state index contributed by atoms with van der Waals surface area (Å²) in [7, 11) is -2.11. The zero-order valence-corrected chi connectivity index (χ0v) is 13.1. The lowest BCUT2D eigenvalue weighted by Crippen LogP contribution is -2.28. The monoisotopic (exact) mass is 311 g/mol. The number of benzene rings is 1. The first-order chi connectivity index (χ1) is 9.37. The summed E-state index contributed by atoms with van der Waals surface area (Å²) in [5, 5.41) is 10.1. The van der Waals surface area contributed by atoms with Crippen LogP contribution in [0.3, 0.4) is 0 Å². The Morgan fingerprint density at radius 2 is 2.05 bits per heavy atom. The van der Waals surface area contributed by atoms with Crippen molar-refractivity contribution < 1.29 is 13.5 Å². The van der Waals surface area contributed by atoms with E-state index in [1.54, 1.807) is 19.1 Å². The van der Waals surface area contributed by atoms with E-state index in [9.17, 15) is 13.5 Å². The van der Waals surface area contributed by atoms with E-state index in [0.29, 0.717) is 10.3 Å². The van der Waals surface area contributed by atoms with Gasteiger partial charge in [-0.25, -0.2) is 8.42 Å².